The number of anilines is 1. The number of hydrogen-bond acceptors (Lipinski definition) is 3. The molecule has 0 aliphatic carbocycles. The van der Waals surface area contributed by atoms with Gasteiger partial charge in [0.2, 0.25) is 0 Å². The average molecular weight is 251 g/mol. The Morgan fingerprint density at radius 2 is 2.24 bits per heavy atom. The lowest BCUT2D eigenvalue weighted by atomic mass is 10.1. The average Bonchev–Trinajstić information content (AvgIpc) is 2.35. The topological polar surface area (TPSA) is 21.3 Å². The van der Waals surface area contributed by atoms with Crippen LogP contribution in [-0.4, -0.2) is 23.7 Å². The summed E-state index contributed by atoms with van der Waals surface area (Å²) in [6.07, 6.45) is 2.57. The Morgan fingerprint density at radius 3 is 3.00 bits per heavy atom. The SMILES string of the molecule is CCOc1ccccc1NC1CCCSC1C. The van der Waals surface area contributed by atoms with Crippen LogP contribution >= 0.6 is 11.8 Å². The molecule has 1 aliphatic rings. The smallest absolute Gasteiger partial charge is 0.142 e. The molecule has 1 aromatic carbocycles. The summed E-state index contributed by atoms with van der Waals surface area (Å²) >= 11 is 2.06. The van der Waals surface area contributed by atoms with Gasteiger partial charge in [0.1, 0.15) is 5.75 Å². The van der Waals surface area contributed by atoms with Crippen molar-refractivity contribution in [2.45, 2.75) is 38.0 Å². The van der Waals surface area contributed by atoms with Crippen LogP contribution in [0.25, 0.3) is 0 Å². The Labute approximate surface area is 108 Å². The van der Waals surface area contributed by atoms with Crippen molar-refractivity contribution in [3.05, 3.63) is 24.3 Å². The number of para-hydroxylation sites is 2. The van der Waals surface area contributed by atoms with Crippen LogP contribution in [0.15, 0.2) is 24.3 Å². The van der Waals surface area contributed by atoms with E-state index in [0.29, 0.717) is 17.9 Å². The van der Waals surface area contributed by atoms with Gasteiger partial charge in [0.05, 0.1) is 12.3 Å². The first-order valence-electron chi connectivity index (χ1n) is 6.41. The Bertz CT molecular complexity index is 356. The van der Waals surface area contributed by atoms with Gasteiger partial charge in [0, 0.05) is 11.3 Å². The molecule has 1 fully saturated rings. The van der Waals surface area contributed by atoms with Crippen LogP contribution < -0.4 is 10.1 Å². The molecule has 0 amide bonds. The molecular weight excluding hydrogens is 230 g/mol. The summed E-state index contributed by atoms with van der Waals surface area (Å²) < 4.78 is 5.64. The van der Waals surface area contributed by atoms with Crippen molar-refractivity contribution in [3.8, 4) is 5.75 Å². The van der Waals surface area contributed by atoms with Gasteiger partial charge >= 0.3 is 0 Å². The molecule has 17 heavy (non-hydrogen) atoms. The van der Waals surface area contributed by atoms with Crippen LogP contribution in [-0.2, 0) is 0 Å². The van der Waals surface area contributed by atoms with Gasteiger partial charge in [-0.25, -0.2) is 0 Å². The molecule has 1 saturated heterocycles. The largest absolute Gasteiger partial charge is 0.492 e. The lowest BCUT2D eigenvalue weighted by Gasteiger charge is -2.30. The third kappa shape index (κ3) is 3.32. The first-order valence-corrected chi connectivity index (χ1v) is 7.46. The summed E-state index contributed by atoms with van der Waals surface area (Å²) in [4.78, 5) is 0. The highest BCUT2D eigenvalue weighted by molar-refractivity contribution is 8.00. The summed E-state index contributed by atoms with van der Waals surface area (Å²) in [5.74, 6) is 2.27. The Kier molecular flexibility index (Phi) is 4.60. The molecule has 0 aromatic heterocycles. The second kappa shape index (κ2) is 6.20. The van der Waals surface area contributed by atoms with Gasteiger partial charge in [-0.15, -0.1) is 0 Å². The number of thioether (sulfide) groups is 1. The first-order chi connectivity index (χ1) is 8.31. The van der Waals surface area contributed by atoms with E-state index in [1.165, 1.54) is 18.6 Å². The van der Waals surface area contributed by atoms with E-state index in [1.807, 2.05) is 19.1 Å². The molecule has 0 radical (unpaired) electrons. The fraction of sp³-hybridized carbons (Fsp3) is 0.571. The van der Waals surface area contributed by atoms with Crippen LogP contribution in [0.4, 0.5) is 5.69 Å². The molecule has 2 nitrogen and oxygen atoms in total. The predicted octanol–water partition coefficient (Wildman–Crippen LogP) is 3.78. The Balaban J connectivity index is 2.06. The monoisotopic (exact) mass is 251 g/mol. The van der Waals surface area contributed by atoms with E-state index in [0.717, 1.165) is 11.4 Å². The van der Waals surface area contributed by atoms with Crippen molar-refractivity contribution in [3.63, 3.8) is 0 Å². The van der Waals surface area contributed by atoms with Gasteiger partial charge in [0.15, 0.2) is 0 Å². The third-order valence-electron chi connectivity index (χ3n) is 3.13. The zero-order valence-electron chi connectivity index (χ0n) is 10.6. The van der Waals surface area contributed by atoms with E-state index < -0.39 is 0 Å². The van der Waals surface area contributed by atoms with Crippen LogP contribution in [0, 0.1) is 0 Å². The van der Waals surface area contributed by atoms with Gasteiger partial charge < -0.3 is 10.1 Å². The standard InChI is InChI=1S/C14H21NOS/c1-3-16-14-9-5-4-7-13(14)15-12-8-6-10-17-11(12)2/h4-5,7,9,11-12,15H,3,6,8,10H2,1-2H3. The van der Waals surface area contributed by atoms with E-state index >= 15 is 0 Å². The first kappa shape index (κ1) is 12.6. The summed E-state index contributed by atoms with van der Waals surface area (Å²) in [6, 6.07) is 8.79. The predicted molar refractivity (Wildman–Crippen MR) is 76.2 cm³/mol. The van der Waals surface area contributed by atoms with Crippen LogP contribution in [0.3, 0.4) is 0 Å². The molecular formula is C14H21NOS. The van der Waals surface area contributed by atoms with Gasteiger partial charge in [0.25, 0.3) is 0 Å². The van der Waals surface area contributed by atoms with Crippen molar-refractivity contribution in [2.24, 2.45) is 0 Å². The van der Waals surface area contributed by atoms with Crippen molar-refractivity contribution in [2.75, 3.05) is 17.7 Å². The zero-order chi connectivity index (χ0) is 12.1. The molecule has 0 saturated carbocycles. The summed E-state index contributed by atoms with van der Waals surface area (Å²) in [6.45, 7) is 5.05. The van der Waals surface area contributed by atoms with E-state index in [9.17, 15) is 0 Å². The maximum absolute atomic E-state index is 5.64. The zero-order valence-corrected chi connectivity index (χ0v) is 11.4. The second-order valence-corrected chi connectivity index (χ2v) is 5.88. The van der Waals surface area contributed by atoms with Crippen LogP contribution in [0.5, 0.6) is 5.75 Å². The van der Waals surface area contributed by atoms with Gasteiger partial charge in [-0.05, 0) is 37.7 Å². The fourth-order valence-corrected chi connectivity index (χ4v) is 3.32. The quantitative estimate of drug-likeness (QED) is 0.880. The highest BCUT2D eigenvalue weighted by atomic mass is 32.2. The number of ether oxygens (including phenoxy) is 1. The third-order valence-corrected chi connectivity index (χ3v) is 4.51. The molecule has 1 N–H and O–H groups in total. The fourth-order valence-electron chi connectivity index (χ4n) is 2.18. The van der Waals surface area contributed by atoms with Gasteiger partial charge in [-0.3, -0.25) is 0 Å². The minimum absolute atomic E-state index is 0.565. The summed E-state index contributed by atoms with van der Waals surface area (Å²) in [5, 5.41) is 4.32. The van der Waals surface area contributed by atoms with Gasteiger partial charge in [-0.1, -0.05) is 19.1 Å². The van der Waals surface area contributed by atoms with E-state index in [-0.39, 0.29) is 0 Å². The maximum atomic E-state index is 5.64. The molecule has 1 heterocycles. The van der Waals surface area contributed by atoms with Crippen LogP contribution in [0.1, 0.15) is 26.7 Å². The lowest BCUT2D eigenvalue weighted by molar-refractivity contribution is 0.341. The number of benzene rings is 1. The summed E-state index contributed by atoms with van der Waals surface area (Å²) in [5.41, 5.74) is 1.13. The molecule has 2 rings (SSSR count). The summed E-state index contributed by atoms with van der Waals surface area (Å²) in [7, 11) is 0. The van der Waals surface area contributed by atoms with E-state index in [2.05, 4.69) is 36.1 Å². The highest BCUT2D eigenvalue weighted by Gasteiger charge is 2.22. The van der Waals surface area contributed by atoms with Gasteiger partial charge in [-0.2, -0.15) is 11.8 Å². The minimum Gasteiger partial charge on any atom is -0.492 e. The van der Waals surface area contributed by atoms with E-state index in [1.54, 1.807) is 0 Å². The molecule has 1 aliphatic heterocycles. The molecule has 0 spiro atoms. The Hall–Kier alpha value is -0.830. The van der Waals surface area contributed by atoms with Crippen molar-refractivity contribution < 1.29 is 4.74 Å². The normalized spacial score (nSPS) is 24.4. The molecule has 1 aromatic rings. The number of rotatable bonds is 4. The highest BCUT2D eigenvalue weighted by Crippen LogP contribution is 2.31. The molecule has 2 atom stereocenters. The lowest BCUT2D eigenvalue weighted by Crippen LogP contribution is -2.32. The van der Waals surface area contributed by atoms with Crippen LogP contribution in [0.2, 0.25) is 0 Å². The number of hydrogen-bond donors (Lipinski definition) is 1. The molecule has 0 bridgehead atoms. The van der Waals surface area contributed by atoms with Crippen molar-refractivity contribution in [1.82, 2.24) is 0 Å². The molecule has 3 heteroatoms. The second-order valence-electron chi connectivity index (χ2n) is 4.40. The van der Waals surface area contributed by atoms with E-state index in [4.69, 9.17) is 4.74 Å². The maximum Gasteiger partial charge on any atom is 0.142 e. The minimum atomic E-state index is 0.565. The Morgan fingerprint density at radius 1 is 1.41 bits per heavy atom. The van der Waals surface area contributed by atoms with Crippen molar-refractivity contribution in [1.29, 1.82) is 0 Å². The molecule has 94 valence electrons. The number of nitrogens with one attached hydrogen (secondary N) is 1. The van der Waals surface area contributed by atoms with Crippen molar-refractivity contribution >= 4 is 17.4 Å². The molecule has 2 unspecified atom stereocenters.